The number of carbonyl (C=O) groups is 2. The number of aliphatic carboxylic acids is 1. The van der Waals surface area contributed by atoms with Gasteiger partial charge in [0.1, 0.15) is 5.60 Å². The third kappa shape index (κ3) is 9.21. The van der Waals surface area contributed by atoms with Crippen LogP contribution in [0.5, 0.6) is 0 Å². The largest absolute Gasteiger partial charge is 1.00 e. The van der Waals surface area contributed by atoms with E-state index in [1.165, 1.54) is 19.3 Å². The molecule has 0 aliphatic rings. The summed E-state index contributed by atoms with van der Waals surface area (Å²) in [7, 11) is 0. The minimum atomic E-state index is -1.39. The van der Waals surface area contributed by atoms with E-state index in [0.717, 1.165) is 19.3 Å². The van der Waals surface area contributed by atoms with Crippen LogP contribution in [0.2, 0.25) is 0 Å². The molecule has 0 bridgehead atoms. The first kappa shape index (κ1) is 22.8. The summed E-state index contributed by atoms with van der Waals surface area (Å²) < 4.78 is 5.46. The van der Waals surface area contributed by atoms with Gasteiger partial charge in [-0.05, 0) is 19.8 Å². The number of hydrogen-bond donors (Lipinski definition) is 0. The number of hydrogen-bond acceptors (Lipinski definition) is 4. The van der Waals surface area contributed by atoms with Gasteiger partial charge >= 0.3 is 24.8 Å². The first-order valence-electron chi connectivity index (χ1n) is 7.54. The van der Waals surface area contributed by atoms with Gasteiger partial charge < -0.3 is 14.6 Å². The summed E-state index contributed by atoms with van der Waals surface area (Å²) in [6.45, 7) is 10.1. The fraction of sp³-hybridized carbons (Fsp3) is 0.875. The smallest absolute Gasteiger partial charge is 0.550 e. The van der Waals surface area contributed by atoms with Crippen molar-refractivity contribution in [3.8, 4) is 0 Å². The van der Waals surface area contributed by atoms with E-state index < -0.39 is 24.0 Å². The summed E-state index contributed by atoms with van der Waals surface area (Å²) in [6.07, 6.45) is 5.75. The minimum absolute atomic E-state index is 0. The number of rotatable bonds is 9. The molecule has 0 saturated carbocycles. The Morgan fingerprint density at radius 1 is 1.00 bits per heavy atom. The van der Waals surface area contributed by atoms with E-state index in [-0.39, 0.29) is 24.3 Å². The van der Waals surface area contributed by atoms with Gasteiger partial charge in [-0.1, -0.05) is 53.4 Å². The van der Waals surface area contributed by atoms with Crippen molar-refractivity contribution in [1.29, 1.82) is 0 Å². The molecule has 0 aromatic carbocycles. The molecule has 118 valence electrons. The first-order chi connectivity index (χ1) is 9.12. The Hall–Kier alpha value is -0.463. The van der Waals surface area contributed by atoms with E-state index in [1.807, 2.05) is 27.7 Å². The molecular weight excluding hydrogens is 263 g/mol. The second kappa shape index (κ2) is 10.3. The summed E-state index contributed by atoms with van der Waals surface area (Å²) in [5.41, 5.74) is -0.884. The average molecular weight is 292 g/mol. The van der Waals surface area contributed by atoms with E-state index in [4.69, 9.17) is 4.74 Å². The quantitative estimate of drug-likeness (QED) is 0.256. The molecule has 0 radical (unpaired) electrons. The van der Waals surface area contributed by atoms with Crippen molar-refractivity contribution >= 4 is 11.9 Å². The maximum atomic E-state index is 11.6. The predicted octanol–water partition coefficient (Wildman–Crippen LogP) is -0.161. The van der Waals surface area contributed by atoms with E-state index in [9.17, 15) is 14.7 Å². The Bertz CT molecular complexity index is 323. The van der Waals surface area contributed by atoms with Crippen molar-refractivity contribution in [3.63, 3.8) is 0 Å². The van der Waals surface area contributed by atoms with Gasteiger partial charge in [0.2, 0.25) is 0 Å². The zero-order valence-electron chi connectivity index (χ0n) is 14.6. The molecule has 0 fully saturated rings. The predicted molar refractivity (Wildman–Crippen MR) is 77.0 cm³/mol. The Kier molecular flexibility index (Phi) is 11.2. The molecule has 0 aromatic heterocycles. The number of carboxylic acids is 1. The van der Waals surface area contributed by atoms with Gasteiger partial charge in [0.05, 0.1) is 12.4 Å². The fourth-order valence-electron chi connectivity index (χ4n) is 2.05. The average Bonchev–Trinajstić information content (AvgIpc) is 2.25. The molecule has 4 nitrogen and oxygen atoms in total. The van der Waals surface area contributed by atoms with E-state index in [0.29, 0.717) is 0 Å². The molecule has 0 saturated heterocycles. The molecule has 0 rings (SSSR count). The number of carboxylic acid groups (broad SMARTS) is 1. The Morgan fingerprint density at radius 2 is 1.52 bits per heavy atom. The SMILES string of the molecule is CCCCCCCC(C)(OC(=O)CC(=O)[O-])C(C)(C)C.[Li+]. The third-order valence-electron chi connectivity index (χ3n) is 3.97. The number of carbonyl (C=O) groups excluding carboxylic acids is 2. The summed E-state index contributed by atoms with van der Waals surface area (Å²) >= 11 is 0. The van der Waals surface area contributed by atoms with Crippen LogP contribution >= 0.6 is 0 Å². The van der Waals surface area contributed by atoms with E-state index >= 15 is 0 Å². The number of ether oxygens (including phenoxy) is 1. The van der Waals surface area contributed by atoms with Gasteiger partial charge in [-0.15, -0.1) is 0 Å². The van der Waals surface area contributed by atoms with Gasteiger partial charge in [-0.25, -0.2) is 0 Å². The molecule has 5 heteroatoms. The topological polar surface area (TPSA) is 66.4 Å². The minimum Gasteiger partial charge on any atom is -0.550 e. The molecule has 0 aliphatic heterocycles. The van der Waals surface area contributed by atoms with Crippen LogP contribution in [0.1, 0.15) is 79.6 Å². The zero-order valence-corrected chi connectivity index (χ0v) is 14.6. The third-order valence-corrected chi connectivity index (χ3v) is 3.97. The maximum Gasteiger partial charge on any atom is 1.00 e. The van der Waals surface area contributed by atoms with Crippen LogP contribution in [0.4, 0.5) is 0 Å². The molecule has 1 atom stereocenters. The van der Waals surface area contributed by atoms with Crippen LogP contribution in [0.3, 0.4) is 0 Å². The van der Waals surface area contributed by atoms with Crippen molar-refractivity contribution in [1.82, 2.24) is 0 Å². The van der Waals surface area contributed by atoms with Crippen LogP contribution in [0.25, 0.3) is 0 Å². The normalized spacial score (nSPS) is 14.0. The first-order valence-corrected chi connectivity index (χ1v) is 7.54. The molecule has 0 aliphatic carbocycles. The molecule has 1 unspecified atom stereocenters. The standard InChI is InChI=1S/C16H30O4.Li/c1-6-7-8-9-10-11-16(5,15(2,3)4)20-14(19)12-13(17)18;/h6-12H2,1-5H3,(H,17,18);/q;+1/p-1. The van der Waals surface area contributed by atoms with E-state index in [2.05, 4.69) is 6.92 Å². The Labute approximate surface area is 141 Å². The molecular formula is C16H29LiO4. The maximum absolute atomic E-state index is 11.6. The molecule has 0 amide bonds. The monoisotopic (exact) mass is 292 g/mol. The van der Waals surface area contributed by atoms with Crippen LogP contribution < -0.4 is 24.0 Å². The molecule has 0 aromatic rings. The van der Waals surface area contributed by atoms with Gasteiger partial charge in [-0.2, -0.15) is 0 Å². The molecule has 21 heavy (non-hydrogen) atoms. The van der Waals surface area contributed by atoms with Crippen LogP contribution in [0.15, 0.2) is 0 Å². The summed E-state index contributed by atoms with van der Waals surface area (Å²) in [4.78, 5) is 22.1. The summed E-state index contributed by atoms with van der Waals surface area (Å²) in [5.74, 6) is -2.11. The van der Waals surface area contributed by atoms with Gasteiger partial charge in [0, 0.05) is 5.41 Å². The Morgan fingerprint density at radius 3 is 1.95 bits per heavy atom. The molecule has 0 spiro atoms. The fourth-order valence-corrected chi connectivity index (χ4v) is 2.05. The summed E-state index contributed by atoms with van der Waals surface area (Å²) in [6, 6.07) is 0. The van der Waals surface area contributed by atoms with Crippen LogP contribution in [-0.4, -0.2) is 17.5 Å². The number of unbranched alkanes of at least 4 members (excludes halogenated alkanes) is 4. The van der Waals surface area contributed by atoms with Crippen molar-refractivity contribution < 1.29 is 38.3 Å². The van der Waals surface area contributed by atoms with Gasteiger partial charge in [-0.3, -0.25) is 4.79 Å². The second-order valence-corrected chi connectivity index (χ2v) is 6.67. The number of esters is 1. The van der Waals surface area contributed by atoms with Crippen molar-refractivity contribution in [2.75, 3.05) is 0 Å². The van der Waals surface area contributed by atoms with Crippen molar-refractivity contribution in [2.45, 2.75) is 85.2 Å². The van der Waals surface area contributed by atoms with Crippen molar-refractivity contribution in [3.05, 3.63) is 0 Å². The second-order valence-electron chi connectivity index (χ2n) is 6.67. The van der Waals surface area contributed by atoms with Crippen LogP contribution in [-0.2, 0) is 14.3 Å². The van der Waals surface area contributed by atoms with Crippen molar-refractivity contribution in [2.24, 2.45) is 5.41 Å². The molecule has 0 N–H and O–H groups in total. The molecule has 0 heterocycles. The zero-order chi connectivity index (χ0) is 15.8. The van der Waals surface area contributed by atoms with Gasteiger partial charge in [0.25, 0.3) is 0 Å². The van der Waals surface area contributed by atoms with E-state index in [1.54, 1.807) is 0 Å². The van der Waals surface area contributed by atoms with Crippen LogP contribution in [0, 0.1) is 5.41 Å². The Balaban J connectivity index is 0. The summed E-state index contributed by atoms with van der Waals surface area (Å²) in [5, 5.41) is 10.5. The van der Waals surface area contributed by atoms with Gasteiger partial charge in [0.15, 0.2) is 0 Å².